The normalized spacial score (nSPS) is 8.82. The van der Waals surface area contributed by atoms with Gasteiger partial charge in [0.1, 0.15) is 18.6 Å². The molecule has 0 aliphatic carbocycles. The second-order valence-corrected chi connectivity index (χ2v) is 1.75. The Hall–Kier alpha value is -0.524. The summed E-state index contributed by atoms with van der Waals surface area (Å²) in [5.74, 6) is -0.306. The van der Waals surface area contributed by atoms with Crippen molar-refractivity contribution in [2.45, 2.75) is 6.61 Å². The molecule has 0 spiro atoms. The van der Waals surface area contributed by atoms with Crippen molar-refractivity contribution in [2.24, 2.45) is 0 Å². The van der Waals surface area contributed by atoms with Crippen LogP contribution in [0.1, 0.15) is 5.76 Å². The fraction of sp³-hybridized carbons (Fsp3) is 0.167. The number of aliphatic hydroxyl groups is 1. The van der Waals surface area contributed by atoms with E-state index in [2.05, 4.69) is 4.42 Å². The summed E-state index contributed by atoms with van der Waals surface area (Å²) in [5.41, 5.74) is -0.546. The van der Waals surface area contributed by atoms with Gasteiger partial charge in [0, 0.05) is 6.07 Å². The van der Waals surface area contributed by atoms with Crippen LogP contribution in [0.3, 0.4) is 0 Å². The van der Waals surface area contributed by atoms with Gasteiger partial charge in [-0.2, -0.15) is 0 Å². The first kappa shape index (κ1) is 10.5. The highest BCUT2D eigenvalue weighted by atomic mass is 24.3. The van der Waals surface area contributed by atoms with E-state index in [0.717, 1.165) is 12.3 Å². The van der Waals surface area contributed by atoms with Gasteiger partial charge >= 0.3 is 23.1 Å². The first-order valence-corrected chi connectivity index (χ1v) is 2.65. The molecule has 2 N–H and O–H groups in total. The first-order valence-electron chi connectivity index (χ1n) is 2.65. The summed E-state index contributed by atoms with van der Waals surface area (Å²) >= 11 is 0. The minimum atomic E-state index is -0.546. The van der Waals surface area contributed by atoms with Crippen molar-refractivity contribution in [1.29, 1.82) is 0 Å². The molecule has 0 aromatic carbocycles. The average Bonchev–Trinajstić information content (AvgIpc) is 1.95. The summed E-state index contributed by atoms with van der Waals surface area (Å²) in [4.78, 5) is 10.6. The van der Waals surface area contributed by atoms with E-state index in [0.29, 0.717) is 0 Å². The molecule has 0 saturated carbocycles. The highest BCUT2D eigenvalue weighted by molar-refractivity contribution is 5.75. The van der Waals surface area contributed by atoms with Crippen LogP contribution in [0.25, 0.3) is 0 Å². The molecule has 0 atom stereocenters. The smallest absolute Gasteiger partial charge is 0.316 e. The molecule has 1 rings (SSSR count). The molecule has 1 heterocycles. The zero-order valence-electron chi connectivity index (χ0n) is 5.07. The largest absolute Gasteiger partial charge is 0.502 e. The first-order chi connectivity index (χ1) is 4.74. The Labute approximate surface area is 78.6 Å². The van der Waals surface area contributed by atoms with Crippen LogP contribution in [0.2, 0.25) is 0 Å². The van der Waals surface area contributed by atoms with Crippen LogP contribution in [0, 0.1) is 0 Å². The van der Waals surface area contributed by atoms with Crippen LogP contribution in [-0.4, -0.2) is 33.3 Å². The second kappa shape index (κ2) is 4.37. The maximum atomic E-state index is 10.6. The number of hydrogen-bond donors (Lipinski definition) is 2. The van der Waals surface area contributed by atoms with Crippen molar-refractivity contribution < 1.29 is 14.6 Å². The molecule has 58 valence electrons. The van der Waals surface area contributed by atoms with E-state index in [4.69, 9.17) is 10.2 Å². The highest BCUT2D eigenvalue weighted by Gasteiger charge is 1.98. The molecule has 0 radical (unpaired) electrons. The SMILES string of the molecule is O=c1cc(CO)occ1O.[MgH2]. The molecule has 0 amide bonds. The maximum absolute atomic E-state index is 10.6. The minimum Gasteiger partial charge on any atom is -0.502 e. The highest BCUT2D eigenvalue weighted by Crippen LogP contribution is 2.01. The molecular weight excluding hydrogens is 160 g/mol. The lowest BCUT2D eigenvalue weighted by molar-refractivity contribution is 0.241. The van der Waals surface area contributed by atoms with Crippen LogP contribution in [0.5, 0.6) is 5.75 Å². The fourth-order valence-electron chi connectivity index (χ4n) is 0.527. The Morgan fingerprint density at radius 2 is 2.18 bits per heavy atom. The third-order valence-electron chi connectivity index (χ3n) is 1.02. The van der Waals surface area contributed by atoms with E-state index in [-0.39, 0.29) is 35.4 Å². The van der Waals surface area contributed by atoms with E-state index in [1.165, 1.54) is 0 Å². The molecule has 5 heteroatoms. The van der Waals surface area contributed by atoms with Crippen molar-refractivity contribution in [3.05, 3.63) is 28.3 Å². The van der Waals surface area contributed by atoms with Gasteiger partial charge in [-0.05, 0) is 0 Å². The van der Waals surface area contributed by atoms with E-state index < -0.39 is 11.2 Å². The predicted octanol–water partition coefficient (Wildman–Crippen LogP) is -1.08. The van der Waals surface area contributed by atoms with E-state index in [1.54, 1.807) is 0 Å². The molecule has 0 unspecified atom stereocenters. The number of hydrogen-bond acceptors (Lipinski definition) is 4. The third-order valence-corrected chi connectivity index (χ3v) is 1.02. The van der Waals surface area contributed by atoms with Crippen LogP contribution >= 0.6 is 0 Å². The van der Waals surface area contributed by atoms with Crippen molar-refractivity contribution in [2.75, 3.05) is 0 Å². The molecule has 1 aromatic heterocycles. The number of rotatable bonds is 1. The van der Waals surface area contributed by atoms with Gasteiger partial charge in [-0.1, -0.05) is 0 Å². The van der Waals surface area contributed by atoms with Crippen molar-refractivity contribution in [3.63, 3.8) is 0 Å². The zero-order valence-corrected chi connectivity index (χ0v) is 5.07. The van der Waals surface area contributed by atoms with Gasteiger partial charge in [-0.15, -0.1) is 0 Å². The molecule has 0 bridgehead atoms. The lowest BCUT2D eigenvalue weighted by atomic mass is 10.4. The Bertz CT molecular complexity index is 280. The predicted molar refractivity (Wildman–Crippen MR) is 41.1 cm³/mol. The fourth-order valence-corrected chi connectivity index (χ4v) is 0.527. The summed E-state index contributed by atoms with van der Waals surface area (Å²) in [7, 11) is 0. The molecule has 0 aliphatic heterocycles. The summed E-state index contributed by atoms with van der Waals surface area (Å²) in [6.07, 6.45) is 0.897. The second-order valence-electron chi connectivity index (χ2n) is 1.75. The van der Waals surface area contributed by atoms with Gasteiger partial charge in [0.25, 0.3) is 0 Å². The van der Waals surface area contributed by atoms with Crippen molar-refractivity contribution in [3.8, 4) is 5.75 Å². The van der Waals surface area contributed by atoms with Crippen LogP contribution in [0.4, 0.5) is 0 Å². The standard InChI is InChI=1S/C6H6O4.Mg.2H/c7-2-4-1-5(8)6(9)3-10-4;;;/h1,3,7,9H,2H2;;;. The lowest BCUT2D eigenvalue weighted by Gasteiger charge is -1.92. The van der Waals surface area contributed by atoms with E-state index in [1.807, 2.05) is 0 Å². The Balaban J connectivity index is 0.000001000. The molecule has 0 fully saturated rings. The van der Waals surface area contributed by atoms with Gasteiger partial charge in [0.05, 0.1) is 0 Å². The van der Waals surface area contributed by atoms with Gasteiger partial charge in [-0.25, -0.2) is 0 Å². The molecule has 1 aromatic rings. The van der Waals surface area contributed by atoms with Crippen molar-refractivity contribution in [1.82, 2.24) is 0 Å². The summed E-state index contributed by atoms with van der Waals surface area (Å²) < 4.78 is 4.59. The van der Waals surface area contributed by atoms with E-state index >= 15 is 0 Å². The van der Waals surface area contributed by atoms with Crippen molar-refractivity contribution >= 4 is 23.1 Å². The lowest BCUT2D eigenvalue weighted by Crippen LogP contribution is -1.99. The summed E-state index contributed by atoms with van der Waals surface area (Å²) in [5, 5.41) is 17.1. The average molecular weight is 168 g/mol. The monoisotopic (exact) mass is 168 g/mol. The topological polar surface area (TPSA) is 70.7 Å². The third kappa shape index (κ3) is 2.53. The van der Waals surface area contributed by atoms with Gasteiger partial charge in [0.2, 0.25) is 5.43 Å². The Morgan fingerprint density at radius 1 is 1.55 bits per heavy atom. The number of aliphatic hydroxyl groups excluding tert-OH is 1. The Kier molecular flexibility index (Phi) is 4.17. The van der Waals surface area contributed by atoms with Crippen LogP contribution in [0.15, 0.2) is 21.5 Å². The van der Waals surface area contributed by atoms with Gasteiger partial charge < -0.3 is 14.6 Å². The summed E-state index contributed by atoms with van der Waals surface area (Å²) in [6, 6.07) is 1.04. The maximum Gasteiger partial charge on any atom is 0.316 e. The van der Waals surface area contributed by atoms with Gasteiger partial charge in [0.15, 0.2) is 5.75 Å². The minimum absolute atomic E-state index is 0. The summed E-state index contributed by atoms with van der Waals surface area (Å²) in [6.45, 7) is -0.338. The molecule has 4 nitrogen and oxygen atoms in total. The van der Waals surface area contributed by atoms with Gasteiger partial charge in [-0.3, -0.25) is 4.79 Å². The molecular formula is C6H8MgO4. The number of aromatic hydroxyl groups is 1. The zero-order chi connectivity index (χ0) is 7.56. The van der Waals surface area contributed by atoms with Crippen LogP contribution in [-0.2, 0) is 6.61 Å². The quantitative estimate of drug-likeness (QED) is 0.524. The van der Waals surface area contributed by atoms with Crippen LogP contribution < -0.4 is 5.43 Å². The molecule has 0 saturated heterocycles. The Morgan fingerprint density at radius 3 is 2.64 bits per heavy atom. The van der Waals surface area contributed by atoms with E-state index in [9.17, 15) is 4.79 Å². The molecule has 0 aliphatic rings. The molecule has 11 heavy (non-hydrogen) atoms.